The van der Waals surface area contributed by atoms with Crippen molar-refractivity contribution in [1.29, 1.82) is 0 Å². The molecule has 12 aromatic rings. The van der Waals surface area contributed by atoms with E-state index < -0.39 is 0 Å². The molecule has 0 unspecified atom stereocenters. The summed E-state index contributed by atoms with van der Waals surface area (Å²) in [4.78, 5) is 9.85. The normalized spacial score (nSPS) is 13.1. The molecule has 0 saturated heterocycles. The first kappa shape index (κ1) is 55.4. The fraction of sp³-hybridized carbons (Fsp3) is 0.211. The Hall–Kier alpha value is -8.18. The minimum Gasteiger partial charge on any atom is -0.509 e. The number of pyridine rings is 1. The van der Waals surface area contributed by atoms with Crippen LogP contribution in [0, 0.1) is 18.8 Å². The molecule has 0 atom stereocenters. The number of anilines is 4. The molecule has 7 heteroatoms. The van der Waals surface area contributed by atoms with Crippen molar-refractivity contribution in [3.05, 3.63) is 241 Å². The zero-order chi connectivity index (χ0) is 57.0. The minimum absolute atomic E-state index is 0. The van der Waals surface area contributed by atoms with Crippen LogP contribution >= 0.6 is 0 Å². The van der Waals surface area contributed by atoms with E-state index in [0.717, 1.165) is 78.3 Å². The predicted molar refractivity (Wildman–Crippen MR) is 344 cm³/mol. The Bertz CT molecular complexity index is 4350. The number of nitrogens with zero attached hydrogens (tertiary/aromatic N) is 5. The summed E-state index contributed by atoms with van der Waals surface area (Å²) >= 11 is 0. The molecule has 0 saturated carbocycles. The van der Waals surface area contributed by atoms with Gasteiger partial charge in [-0.05, 0) is 127 Å². The third-order valence-corrected chi connectivity index (χ3v) is 16.5. The molecule has 83 heavy (non-hydrogen) atoms. The largest absolute Gasteiger partial charge is 0.509 e. The Labute approximate surface area is 504 Å². The van der Waals surface area contributed by atoms with Crippen LogP contribution in [0.4, 0.5) is 22.7 Å². The SMILES string of the molecule is CC(C)(C)c1ccc(-c2cnc(-n3c4[c-]c(Oc5[c-]c(N6[CH-]N(c7cc(C(C)(C)C)cc(C(C)(C)C)c7)c7ccccc76)ccc5)ccc4c4cc(-c5ccc(-n6c7ccccc7c7ccccc76)cc5)ccc43)cc2C(C)(C)C)cc1.[Pt]. The fourth-order valence-corrected chi connectivity index (χ4v) is 11.9. The molecular weight excluding hydrogens is 1190 g/mol. The van der Waals surface area contributed by atoms with Crippen LogP contribution < -0.4 is 14.5 Å². The van der Waals surface area contributed by atoms with E-state index in [1.807, 2.05) is 18.2 Å². The van der Waals surface area contributed by atoms with Gasteiger partial charge in [0.15, 0.2) is 0 Å². The first-order chi connectivity index (χ1) is 39.2. The first-order valence-corrected chi connectivity index (χ1v) is 28.8. The molecule has 1 aliphatic rings. The van der Waals surface area contributed by atoms with E-state index in [4.69, 9.17) is 9.72 Å². The monoisotopic (exact) mass is 1260 g/mol. The zero-order valence-electron chi connectivity index (χ0n) is 49.6. The van der Waals surface area contributed by atoms with Crippen molar-refractivity contribution in [2.24, 2.45) is 0 Å². The summed E-state index contributed by atoms with van der Waals surface area (Å²) in [7, 11) is 0. The molecule has 9 aromatic carbocycles. The summed E-state index contributed by atoms with van der Waals surface area (Å²) in [5.74, 6) is 1.99. The van der Waals surface area contributed by atoms with Crippen LogP contribution in [0.25, 0.3) is 77.4 Å². The van der Waals surface area contributed by atoms with Gasteiger partial charge in [-0.25, -0.2) is 4.98 Å². The number of hydrogen-bond acceptors (Lipinski definition) is 4. The Balaban J connectivity index is 0.00000680. The topological polar surface area (TPSA) is 38.5 Å². The van der Waals surface area contributed by atoms with Crippen molar-refractivity contribution in [2.45, 2.75) is 105 Å². The van der Waals surface area contributed by atoms with E-state index in [1.54, 1.807) is 0 Å². The number of fused-ring (bicyclic) bond motifs is 7. The van der Waals surface area contributed by atoms with Crippen LogP contribution in [-0.4, -0.2) is 14.1 Å². The molecular formula is C76H70N5OPt-3. The van der Waals surface area contributed by atoms with Crippen molar-refractivity contribution in [2.75, 3.05) is 9.80 Å². The maximum absolute atomic E-state index is 6.86. The number of para-hydroxylation sites is 4. The van der Waals surface area contributed by atoms with Gasteiger partial charge in [0.25, 0.3) is 0 Å². The summed E-state index contributed by atoms with van der Waals surface area (Å²) in [6.45, 7) is 29.6. The van der Waals surface area contributed by atoms with Gasteiger partial charge in [0.2, 0.25) is 0 Å². The van der Waals surface area contributed by atoms with E-state index in [9.17, 15) is 0 Å². The molecule has 0 amide bonds. The third-order valence-electron chi connectivity index (χ3n) is 16.5. The van der Waals surface area contributed by atoms with Crippen LogP contribution in [0.15, 0.2) is 200 Å². The average molecular weight is 1260 g/mol. The first-order valence-electron chi connectivity index (χ1n) is 28.8. The van der Waals surface area contributed by atoms with Crippen LogP contribution in [0.2, 0.25) is 0 Å². The second kappa shape index (κ2) is 20.6. The molecule has 4 heterocycles. The summed E-state index contributed by atoms with van der Waals surface area (Å²) < 4.78 is 11.5. The quantitative estimate of drug-likeness (QED) is 0.142. The van der Waals surface area contributed by atoms with E-state index in [0.29, 0.717) is 11.5 Å². The molecule has 0 bridgehead atoms. The Morgan fingerprint density at radius 3 is 1.60 bits per heavy atom. The number of hydrogen-bond donors (Lipinski definition) is 0. The van der Waals surface area contributed by atoms with Gasteiger partial charge in [0.1, 0.15) is 5.82 Å². The predicted octanol–water partition coefficient (Wildman–Crippen LogP) is 20.6. The van der Waals surface area contributed by atoms with E-state index >= 15 is 0 Å². The van der Waals surface area contributed by atoms with Gasteiger partial charge in [-0.1, -0.05) is 192 Å². The van der Waals surface area contributed by atoms with Gasteiger partial charge in [-0.2, -0.15) is 12.1 Å². The zero-order valence-corrected chi connectivity index (χ0v) is 51.9. The number of rotatable bonds is 8. The van der Waals surface area contributed by atoms with Gasteiger partial charge in [-0.15, -0.1) is 48.1 Å². The van der Waals surface area contributed by atoms with Crippen molar-refractivity contribution in [3.63, 3.8) is 0 Å². The van der Waals surface area contributed by atoms with Crippen LogP contribution in [-0.2, 0) is 42.7 Å². The van der Waals surface area contributed by atoms with Gasteiger partial charge in [-0.3, -0.25) is 0 Å². The molecule has 3 aromatic heterocycles. The smallest absolute Gasteiger partial charge is 0.135 e. The molecule has 1 aliphatic heterocycles. The van der Waals surface area contributed by atoms with Crippen molar-refractivity contribution in [3.8, 4) is 45.3 Å². The Morgan fingerprint density at radius 1 is 0.410 bits per heavy atom. The van der Waals surface area contributed by atoms with Gasteiger partial charge in [0, 0.05) is 83.4 Å². The van der Waals surface area contributed by atoms with Gasteiger partial charge < -0.3 is 23.7 Å². The van der Waals surface area contributed by atoms with Crippen LogP contribution in [0.5, 0.6) is 11.5 Å². The van der Waals surface area contributed by atoms with Gasteiger partial charge in [0.05, 0.1) is 11.0 Å². The molecule has 0 N–H and O–H groups in total. The average Bonchev–Trinajstić information content (AvgIpc) is 3.29. The molecule has 0 aliphatic carbocycles. The van der Waals surface area contributed by atoms with Crippen LogP contribution in [0.1, 0.15) is 105 Å². The Morgan fingerprint density at radius 2 is 0.976 bits per heavy atom. The Kier molecular flexibility index (Phi) is 13.7. The van der Waals surface area contributed by atoms with E-state index in [2.05, 4.69) is 303 Å². The minimum atomic E-state index is -0.192. The fourth-order valence-electron chi connectivity index (χ4n) is 11.9. The van der Waals surface area contributed by atoms with Gasteiger partial charge >= 0.3 is 0 Å². The number of ether oxygens (including phenoxy) is 1. The molecule has 6 nitrogen and oxygen atoms in total. The molecule has 418 valence electrons. The molecule has 0 spiro atoms. The molecule has 0 fully saturated rings. The van der Waals surface area contributed by atoms with Crippen LogP contribution in [0.3, 0.4) is 0 Å². The maximum Gasteiger partial charge on any atom is 0.135 e. The summed E-state index contributed by atoms with van der Waals surface area (Å²) in [6, 6.07) is 77.8. The number of aromatic nitrogens is 3. The standard InChI is InChI=1S/C76H70N5O.Pt/c1-73(2,3)52-33-28-50(29-34-52)64-47-77-72(46-65(64)76(10,11)12)81-68-39-32-51(49-30-35-55(36-31-49)80-66-24-15-13-22-60(66)61-23-14-16-25-67(61)80)40-63(68)62-38-37-59(45-71(62)81)82-58-21-19-20-56(44-58)78-48-79(70-27-18-17-26-69(70)78)57-42-53(74(4,5)6)41-54(43-57)75(7,8)9;/h13-43,46-48H,1-12H3;/q-3;. The van der Waals surface area contributed by atoms with Crippen molar-refractivity contribution >= 4 is 66.4 Å². The summed E-state index contributed by atoms with van der Waals surface area (Å²) in [5.41, 5.74) is 19.1. The molecule has 0 radical (unpaired) electrons. The number of benzene rings is 9. The third kappa shape index (κ3) is 10.1. The maximum atomic E-state index is 6.86. The second-order valence-corrected chi connectivity index (χ2v) is 26.3. The van der Waals surface area contributed by atoms with Crippen molar-refractivity contribution < 1.29 is 25.8 Å². The van der Waals surface area contributed by atoms with E-state index in [-0.39, 0.29) is 42.7 Å². The second-order valence-electron chi connectivity index (χ2n) is 26.3. The van der Waals surface area contributed by atoms with E-state index in [1.165, 1.54) is 44.1 Å². The molecule has 13 rings (SSSR count). The summed E-state index contributed by atoms with van der Waals surface area (Å²) in [5, 5.41) is 4.66. The summed E-state index contributed by atoms with van der Waals surface area (Å²) in [6.07, 6.45) is 2.06. The van der Waals surface area contributed by atoms with Crippen molar-refractivity contribution in [1.82, 2.24) is 14.1 Å².